The Bertz CT molecular complexity index is 101. The van der Waals surface area contributed by atoms with E-state index in [9.17, 15) is 9.90 Å². The normalized spacial score (nSPS) is 13.0. The van der Waals surface area contributed by atoms with Crippen LogP contribution in [-0.2, 0) is 9.53 Å². The molecule has 0 saturated carbocycles. The summed E-state index contributed by atoms with van der Waals surface area (Å²) in [6.45, 7) is 4.00. The van der Waals surface area contributed by atoms with Crippen molar-refractivity contribution in [3.63, 3.8) is 0 Å². The molecule has 0 aromatic heterocycles. The van der Waals surface area contributed by atoms with Crippen LogP contribution >= 0.6 is 0 Å². The average molecular weight is 145 g/mol. The van der Waals surface area contributed by atoms with Gasteiger partial charge in [0.25, 0.3) is 0 Å². The molecule has 0 fully saturated rings. The first-order chi connectivity index (χ1) is 4.68. The molecule has 0 heterocycles. The molecule has 0 radical (unpaired) electrons. The van der Waals surface area contributed by atoms with Gasteiger partial charge in [0.15, 0.2) is 0 Å². The Labute approximate surface area is 61.0 Å². The molecule has 3 nitrogen and oxygen atoms in total. The van der Waals surface area contributed by atoms with Gasteiger partial charge in [0.1, 0.15) is 0 Å². The zero-order valence-electron chi connectivity index (χ0n) is 6.42. The van der Waals surface area contributed by atoms with E-state index in [1.54, 1.807) is 0 Å². The number of aliphatic carboxylic acids is 1. The monoisotopic (exact) mass is 145 g/mol. The topological polar surface area (TPSA) is 49.4 Å². The molecule has 0 spiro atoms. The second-order valence-electron chi connectivity index (χ2n) is 2.19. The first-order valence-electron chi connectivity index (χ1n) is 3.51. The van der Waals surface area contributed by atoms with E-state index in [0.717, 1.165) is 12.8 Å². The van der Waals surface area contributed by atoms with Crippen LogP contribution in [0, 0.1) is 0 Å². The molecule has 0 amide bonds. The lowest BCUT2D eigenvalue weighted by Crippen LogP contribution is -2.35. The first-order valence-corrected chi connectivity index (χ1v) is 3.51. The molecule has 10 heavy (non-hydrogen) atoms. The van der Waals surface area contributed by atoms with Gasteiger partial charge < -0.3 is 14.6 Å². The highest BCUT2D eigenvalue weighted by atomic mass is 16.5. The van der Waals surface area contributed by atoms with Crippen molar-refractivity contribution in [2.24, 2.45) is 0 Å². The van der Waals surface area contributed by atoms with E-state index >= 15 is 0 Å². The second kappa shape index (κ2) is 5.23. The number of rotatable bonds is 5. The van der Waals surface area contributed by atoms with Gasteiger partial charge >= 0.3 is 0 Å². The summed E-state index contributed by atoms with van der Waals surface area (Å²) in [4.78, 5) is 10.1. The number of carboxylic acid groups (broad SMARTS) is 1. The van der Waals surface area contributed by atoms with Gasteiger partial charge in [-0.3, -0.25) is 0 Å². The fourth-order valence-electron chi connectivity index (χ4n) is 0.472. The molecule has 0 aliphatic rings. The third-order valence-electron chi connectivity index (χ3n) is 1.20. The highest BCUT2D eigenvalue weighted by molar-refractivity contribution is 5.69. The van der Waals surface area contributed by atoms with Crippen molar-refractivity contribution in [1.82, 2.24) is 0 Å². The highest BCUT2D eigenvalue weighted by Crippen LogP contribution is 1.92. The third-order valence-corrected chi connectivity index (χ3v) is 1.20. The summed E-state index contributed by atoms with van der Waals surface area (Å²) in [5.41, 5.74) is 0. The molecule has 0 aromatic carbocycles. The van der Waals surface area contributed by atoms with Gasteiger partial charge in [0, 0.05) is 6.61 Å². The van der Waals surface area contributed by atoms with Gasteiger partial charge in [-0.05, 0) is 13.3 Å². The lowest BCUT2D eigenvalue weighted by molar-refractivity contribution is -0.315. The molecule has 0 saturated heterocycles. The van der Waals surface area contributed by atoms with Crippen molar-refractivity contribution >= 4 is 5.97 Å². The van der Waals surface area contributed by atoms with Crippen LogP contribution < -0.4 is 5.11 Å². The van der Waals surface area contributed by atoms with E-state index in [0.29, 0.717) is 6.61 Å². The van der Waals surface area contributed by atoms with E-state index in [-0.39, 0.29) is 0 Å². The van der Waals surface area contributed by atoms with Crippen LogP contribution in [0.3, 0.4) is 0 Å². The predicted molar refractivity (Wildman–Crippen MR) is 35.3 cm³/mol. The van der Waals surface area contributed by atoms with Crippen LogP contribution in [0.5, 0.6) is 0 Å². The summed E-state index contributed by atoms with van der Waals surface area (Å²) >= 11 is 0. The second-order valence-corrected chi connectivity index (χ2v) is 2.19. The fraction of sp³-hybridized carbons (Fsp3) is 0.857. The summed E-state index contributed by atoms with van der Waals surface area (Å²) in [5.74, 6) is -1.14. The van der Waals surface area contributed by atoms with Crippen LogP contribution in [0.2, 0.25) is 0 Å². The summed E-state index contributed by atoms with van der Waals surface area (Å²) in [7, 11) is 0. The number of carbonyl (C=O) groups is 1. The minimum absolute atomic E-state index is 0.506. The molecular formula is C7H13O3-. The highest BCUT2D eigenvalue weighted by Gasteiger charge is 1.99. The fourth-order valence-corrected chi connectivity index (χ4v) is 0.472. The van der Waals surface area contributed by atoms with Gasteiger partial charge in [-0.25, -0.2) is 0 Å². The summed E-state index contributed by atoms with van der Waals surface area (Å²) in [6.07, 6.45) is 1.14. The maximum absolute atomic E-state index is 10.1. The molecule has 0 aliphatic heterocycles. The zero-order valence-corrected chi connectivity index (χ0v) is 6.42. The Balaban J connectivity index is 3.21. The number of hydrogen-bond acceptors (Lipinski definition) is 3. The zero-order chi connectivity index (χ0) is 7.98. The van der Waals surface area contributed by atoms with E-state index in [1.165, 1.54) is 6.92 Å². The lowest BCUT2D eigenvalue weighted by atomic mass is 10.3. The van der Waals surface area contributed by atoms with Gasteiger partial charge in [-0.2, -0.15) is 0 Å². The van der Waals surface area contributed by atoms with Crippen molar-refractivity contribution in [3.05, 3.63) is 0 Å². The predicted octanol–water partition coefficient (Wildman–Crippen LogP) is -0.0585. The van der Waals surface area contributed by atoms with Crippen molar-refractivity contribution < 1.29 is 14.6 Å². The van der Waals surface area contributed by atoms with E-state index in [2.05, 4.69) is 0 Å². The van der Waals surface area contributed by atoms with E-state index in [4.69, 9.17) is 4.74 Å². The summed E-state index contributed by atoms with van der Waals surface area (Å²) in [5, 5.41) is 10.1. The Morgan fingerprint density at radius 1 is 1.70 bits per heavy atom. The SMILES string of the molecule is CCCCOC(C)C(=O)[O-]. The van der Waals surface area contributed by atoms with Crippen LogP contribution in [0.15, 0.2) is 0 Å². The minimum atomic E-state index is -1.14. The first kappa shape index (κ1) is 9.43. The third kappa shape index (κ3) is 4.32. The van der Waals surface area contributed by atoms with Gasteiger partial charge in [0.05, 0.1) is 12.1 Å². The molecule has 0 bridgehead atoms. The minimum Gasteiger partial charge on any atom is -0.547 e. The molecule has 0 aromatic rings. The van der Waals surface area contributed by atoms with E-state index < -0.39 is 12.1 Å². The standard InChI is InChI=1S/C7H14O3/c1-3-4-5-10-6(2)7(8)9/h6H,3-5H2,1-2H3,(H,8,9)/p-1. The molecule has 0 N–H and O–H groups in total. The van der Waals surface area contributed by atoms with Gasteiger partial charge in [-0.1, -0.05) is 13.3 Å². The molecule has 1 atom stereocenters. The number of ether oxygens (including phenoxy) is 1. The van der Waals surface area contributed by atoms with Gasteiger partial charge in [-0.15, -0.1) is 0 Å². The molecule has 0 aliphatic carbocycles. The molecule has 0 rings (SSSR count). The van der Waals surface area contributed by atoms with Crippen molar-refractivity contribution in [3.8, 4) is 0 Å². The average Bonchev–Trinajstić information content (AvgIpc) is 1.88. The van der Waals surface area contributed by atoms with E-state index in [1.807, 2.05) is 6.92 Å². The number of unbranched alkanes of at least 4 members (excludes halogenated alkanes) is 1. The lowest BCUT2D eigenvalue weighted by Gasteiger charge is -2.12. The van der Waals surface area contributed by atoms with Crippen LogP contribution in [0.25, 0.3) is 0 Å². The maximum Gasteiger partial charge on any atom is 0.0940 e. The Morgan fingerprint density at radius 3 is 2.70 bits per heavy atom. The molecular weight excluding hydrogens is 132 g/mol. The molecule has 60 valence electrons. The van der Waals surface area contributed by atoms with Gasteiger partial charge in [0.2, 0.25) is 0 Å². The van der Waals surface area contributed by atoms with Crippen molar-refractivity contribution in [2.75, 3.05) is 6.61 Å². The molecule has 1 unspecified atom stereocenters. The number of hydrogen-bond donors (Lipinski definition) is 0. The largest absolute Gasteiger partial charge is 0.547 e. The Kier molecular flexibility index (Phi) is 4.94. The number of carboxylic acids is 1. The van der Waals surface area contributed by atoms with Crippen LogP contribution in [0.4, 0.5) is 0 Å². The smallest absolute Gasteiger partial charge is 0.0940 e. The Hall–Kier alpha value is -0.570. The maximum atomic E-state index is 10.1. The van der Waals surface area contributed by atoms with Crippen LogP contribution in [-0.4, -0.2) is 18.7 Å². The Morgan fingerprint density at radius 2 is 2.30 bits per heavy atom. The quantitative estimate of drug-likeness (QED) is 0.509. The number of carbonyl (C=O) groups excluding carboxylic acids is 1. The van der Waals surface area contributed by atoms with Crippen molar-refractivity contribution in [2.45, 2.75) is 32.8 Å². The molecule has 3 heteroatoms. The summed E-state index contributed by atoms with van der Waals surface area (Å²) in [6, 6.07) is 0. The van der Waals surface area contributed by atoms with Crippen molar-refractivity contribution in [1.29, 1.82) is 0 Å². The van der Waals surface area contributed by atoms with Crippen LogP contribution in [0.1, 0.15) is 26.7 Å². The summed E-state index contributed by atoms with van der Waals surface area (Å²) < 4.78 is 4.88.